The molecule has 1 aliphatic heterocycles. The molecule has 1 fully saturated rings. The number of anilines is 1. The van der Waals surface area contributed by atoms with Crippen LogP contribution >= 0.6 is 11.6 Å². The second kappa shape index (κ2) is 6.39. The van der Waals surface area contributed by atoms with Gasteiger partial charge < -0.3 is 10.6 Å². The quantitative estimate of drug-likeness (QED) is 0.869. The maximum Gasteiger partial charge on any atom is 0.147 e. The van der Waals surface area contributed by atoms with Crippen LogP contribution in [0.4, 0.5) is 10.1 Å². The van der Waals surface area contributed by atoms with E-state index in [1.54, 1.807) is 12.1 Å². The van der Waals surface area contributed by atoms with Crippen LogP contribution in [0.3, 0.4) is 0 Å². The smallest absolute Gasteiger partial charge is 0.147 e. The Hall–Kier alpha value is -0.800. The summed E-state index contributed by atoms with van der Waals surface area (Å²) in [6, 6.07) is 5.50. The summed E-state index contributed by atoms with van der Waals surface area (Å²) in [5, 5.41) is 7.12. The summed E-state index contributed by atoms with van der Waals surface area (Å²) in [5.74, 6) is -0.286. The highest BCUT2D eigenvalue weighted by Gasteiger charge is 2.17. The minimum Gasteiger partial charge on any atom is -0.379 e. The van der Waals surface area contributed by atoms with Gasteiger partial charge in [-0.15, -0.1) is 0 Å². The molecule has 0 radical (unpaired) electrons. The Morgan fingerprint density at radius 3 is 3.00 bits per heavy atom. The van der Waals surface area contributed by atoms with Crippen molar-refractivity contribution in [1.29, 1.82) is 0 Å². The third-order valence-electron chi connectivity index (χ3n) is 3.40. The molecular weight excluding hydrogens is 251 g/mol. The van der Waals surface area contributed by atoms with Crippen LogP contribution in [0.15, 0.2) is 18.2 Å². The molecule has 2 rings (SSSR count). The average molecular weight is 271 g/mol. The fourth-order valence-corrected chi connectivity index (χ4v) is 2.71. The zero-order valence-electron chi connectivity index (χ0n) is 10.7. The topological polar surface area (TPSA) is 24.1 Å². The first-order valence-corrected chi connectivity index (χ1v) is 6.98. The first kappa shape index (κ1) is 13.6. The lowest BCUT2D eigenvalue weighted by Crippen LogP contribution is -2.37. The largest absolute Gasteiger partial charge is 0.379 e. The summed E-state index contributed by atoms with van der Waals surface area (Å²) >= 11 is 6.00. The van der Waals surface area contributed by atoms with Crippen molar-refractivity contribution < 1.29 is 4.39 Å². The fraction of sp³-hybridized carbons (Fsp3) is 0.571. The van der Waals surface area contributed by atoms with Gasteiger partial charge in [-0.1, -0.05) is 24.1 Å². The molecule has 0 aliphatic carbocycles. The van der Waals surface area contributed by atoms with E-state index in [2.05, 4.69) is 17.6 Å². The minimum absolute atomic E-state index is 0.204. The Morgan fingerprint density at radius 1 is 1.50 bits per heavy atom. The Labute approximate surface area is 113 Å². The van der Waals surface area contributed by atoms with Crippen LogP contribution < -0.4 is 10.6 Å². The van der Waals surface area contributed by atoms with E-state index >= 15 is 0 Å². The normalized spacial score (nSPS) is 21.6. The number of hydrogen-bond acceptors (Lipinski definition) is 2. The predicted octanol–water partition coefficient (Wildman–Crippen LogP) is 3.81. The van der Waals surface area contributed by atoms with Crippen molar-refractivity contribution >= 4 is 17.3 Å². The fourth-order valence-electron chi connectivity index (χ4n) is 2.49. The van der Waals surface area contributed by atoms with Gasteiger partial charge in [-0.3, -0.25) is 0 Å². The molecule has 0 spiro atoms. The predicted molar refractivity (Wildman–Crippen MR) is 74.8 cm³/mol. The van der Waals surface area contributed by atoms with Crippen molar-refractivity contribution in [2.24, 2.45) is 0 Å². The SMILES string of the molecule is CC(CC1CCCCN1)Nc1c(F)cccc1Cl. The molecule has 0 bridgehead atoms. The molecule has 2 unspecified atom stereocenters. The van der Waals surface area contributed by atoms with E-state index in [1.165, 1.54) is 25.3 Å². The van der Waals surface area contributed by atoms with Gasteiger partial charge in [0.05, 0.1) is 10.7 Å². The number of nitrogens with one attached hydrogen (secondary N) is 2. The van der Waals surface area contributed by atoms with Crippen LogP contribution in [0.5, 0.6) is 0 Å². The van der Waals surface area contributed by atoms with E-state index in [1.807, 2.05) is 0 Å². The van der Waals surface area contributed by atoms with Gasteiger partial charge in [0.1, 0.15) is 5.82 Å². The van der Waals surface area contributed by atoms with Gasteiger partial charge in [-0.05, 0) is 44.9 Å². The van der Waals surface area contributed by atoms with Crippen LogP contribution in [0.1, 0.15) is 32.6 Å². The van der Waals surface area contributed by atoms with Crippen LogP contribution in [0.2, 0.25) is 5.02 Å². The van der Waals surface area contributed by atoms with Crippen LogP contribution in [0.25, 0.3) is 0 Å². The number of rotatable bonds is 4. The monoisotopic (exact) mass is 270 g/mol. The third-order valence-corrected chi connectivity index (χ3v) is 3.72. The van der Waals surface area contributed by atoms with Crippen molar-refractivity contribution in [2.45, 2.75) is 44.7 Å². The highest BCUT2D eigenvalue weighted by molar-refractivity contribution is 6.33. The lowest BCUT2D eigenvalue weighted by atomic mass is 9.98. The summed E-state index contributed by atoms with van der Waals surface area (Å²) in [6.45, 7) is 3.16. The highest BCUT2D eigenvalue weighted by Crippen LogP contribution is 2.26. The molecule has 1 aromatic rings. The molecule has 0 saturated carbocycles. The Bertz CT molecular complexity index is 371. The van der Waals surface area contributed by atoms with E-state index in [0.29, 0.717) is 16.8 Å². The van der Waals surface area contributed by atoms with Gasteiger partial charge in [-0.25, -0.2) is 4.39 Å². The highest BCUT2D eigenvalue weighted by atomic mass is 35.5. The number of benzene rings is 1. The minimum atomic E-state index is -0.286. The summed E-state index contributed by atoms with van der Waals surface area (Å²) in [4.78, 5) is 0. The maximum absolute atomic E-state index is 13.6. The molecule has 0 amide bonds. The Balaban J connectivity index is 1.92. The van der Waals surface area contributed by atoms with E-state index < -0.39 is 0 Å². The average Bonchev–Trinajstić information content (AvgIpc) is 2.35. The first-order valence-electron chi connectivity index (χ1n) is 6.60. The van der Waals surface area contributed by atoms with Crippen LogP contribution in [-0.4, -0.2) is 18.6 Å². The molecule has 1 saturated heterocycles. The molecule has 18 heavy (non-hydrogen) atoms. The summed E-state index contributed by atoms with van der Waals surface area (Å²) in [7, 11) is 0. The van der Waals surface area contributed by atoms with Crippen molar-refractivity contribution in [3.8, 4) is 0 Å². The lowest BCUT2D eigenvalue weighted by Gasteiger charge is -2.27. The molecular formula is C14H20ClFN2. The van der Waals surface area contributed by atoms with Gasteiger partial charge in [0.2, 0.25) is 0 Å². The summed E-state index contributed by atoms with van der Waals surface area (Å²) in [5.41, 5.74) is 0.419. The second-order valence-electron chi connectivity index (χ2n) is 5.02. The van der Waals surface area contributed by atoms with Gasteiger partial charge in [0, 0.05) is 12.1 Å². The Kier molecular flexibility index (Phi) is 4.84. The maximum atomic E-state index is 13.6. The lowest BCUT2D eigenvalue weighted by molar-refractivity contribution is 0.371. The Morgan fingerprint density at radius 2 is 2.33 bits per heavy atom. The van der Waals surface area contributed by atoms with E-state index in [9.17, 15) is 4.39 Å². The summed E-state index contributed by atoms with van der Waals surface area (Å²) in [6.07, 6.45) is 4.74. The molecule has 2 atom stereocenters. The second-order valence-corrected chi connectivity index (χ2v) is 5.43. The standard InChI is InChI=1S/C14H20ClFN2/c1-10(9-11-5-2-3-8-17-11)18-14-12(15)6-4-7-13(14)16/h4,6-7,10-11,17-18H,2-3,5,8-9H2,1H3. The molecule has 1 aliphatic rings. The molecule has 4 heteroatoms. The summed E-state index contributed by atoms with van der Waals surface area (Å²) < 4.78 is 13.6. The van der Waals surface area contributed by atoms with Crippen molar-refractivity contribution in [3.63, 3.8) is 0 Å². The molecule has 100 valence electrons. The zero-order valence-corrected chi connectivity index (χ0v) is 11.4. The molecule has 1 aromatic carbocycles. The molecule has 2 nitrogen and oxygen atoms in total. The van der Waals surface area contributed by atoms with Gasteiger partial charge in [0.15, 0.2) is 0 Å². The van der Waals surface area contributed by atoms with Crippen molar-refractivity contribution in [2.75, 3.05) is 11.9 Å². The number of piperidine rings is 1. The van der Waals surface area contributed by atoms with Crippen LogP contribution in [-0.2, 0) is 0 Å². The van der Waals surface area contributed by atoms with Crippen molar-refractivity contribution in [3.05, 3.63) is 29.0 Å². The molecule has 0 aromatic heterocycles. The van der Waals surface area contributed by atoms with Crippen molar-refractivity contribution in [1.82, 2.24) is 5.32 Å². The first-order chi connectivity index (χ1) is 8.66. The van der Waals surface area contributed by atoms with Crippen LogP contribution in [0, 0.1) is 5.82 Å². The van der Waals surface area contributed by atoms with E-state index in [4.69, 9.17) is 11.6 Å². The van der Waals surface area contributed by atoms with Gasteiger partial charge in [-0.2, -0.15) is 0 Å². The third kappa shape index (κ3) is 3.59. The number of halogens is 2. The van der Waals surface area contributed by atoms with Gasteiger partial charge >= 0.3 is 0 Å². The van der Waals surface area contributed by atoms with E-state index in [0.717, 1.165) is 13.0 Å². The number of hydrogen-bond donors (Lipinski definition) is 2. The molecule has 1 heterocycles. The van der Waals surface area contributed by atoms with E-state index in [-0.39, 0.29) is 11.9 Å². The molecule has 2 N–H and O–H groups in total. The zero-order chi connectivity index (χ0) is 13.0. The van der Waals surface area contributed by atoms with Gasteiger partial charge in [0.25, 0.3) is 0 Å². The number of para-hydroxylation sites is 1.